The predicted molar refractivity (Wildman–Crippen MR) is 72.5 cm³/mol. The first-order chi connectivity index (χ1) is 8.28. The molecule has 0 bridgehead atoms. The van der Waals surface area contributed by atoms with Crippen LogP contribution in [0.4, 0.5) is 4.79 Å². The maximum Gasteiger partial charge on any atom is 0.315 e. The van der Waals surface area contributed by atoms with E-state index in [-0.39, 0.29) is 17.7 Å². The van der Waals surface area contributed by atoms with Crippen molar-refractivity contribution in [1.29, 1.82) is 0 Å². The molecule has 3 N–H and O–H groups in total. The molecule has 0 radical (unpaired) electrons. The highest BCUT2D eigenvalue weighted by Crippen LogP contribution is 2.32. The van der Waals surface area contributed by atoms with E-state index in [1.165, 1.54) is 0 Å². The number of aliphatic hydroxyl groups is 1. The quantitative estimate of drug-likeness (QED) is 0.659. The number of hydrogen-bond donors (Lipinski definition) is 3. The molecule has 1 rings (SSSR count). The number of rotatable bonds is 6. The Morgan fingerprint density at radius 3 is 2.56 bits per heavy atom. The van der Waals surface area contributed by atoms with E-state index in [0.717, 1.165) is 19.4 Å². The zero-order valence-corrected chi connectivity index (χ0v) is 12.0. The molecule has 0 aliphatic heterocycles. The van der Waals surface area contributed by atoms with E-state index < -0.39 is 0 Å². The fourth-order valence-corrected chi connectivity index (χ4v) is 1.79. The Balaban J connectivity index is 2.07. The third-order valence-electron chi connectivity index (χ3n) is 2.93. The van der Waals surface area contributed by atoms with Gasteiger partial charge in [-0.25, -0.2) is 4.79 Å². The van der Waals surface area contributed by atoms with Gasteiger partial charge in [-0.2, -0.15) is 0 Å². The normalized spacial score (nSPS) is 17.7. The van der Waals surface area contributed by atoms with Crippen LogP contribution in [0.3, 0.4) is 0 Å². The highest BCUT2D eigenvalue weighted by molar-refractivity contribution is 5.74. The fourth-order valence-electron chi connectivity index (χ4n) is 1.79. The summed E-state index contributed by atoms with van der Waals surface area (Å²) in [5, 5.41) is 15.4. The van der Waals surface area contributed by atoms with Crippen LogP contribution in [0.2, 0.25) is 0 Å². The van der Waals surface area contributed by atoms with Crippen molar-refractivity contribution < 1.29 is 9.90 Å². The molecule has 2 amide bonds. The SMILES string of the molecule is CN(CCNC(=O)NC(C)(C)C)CC(O)C1CC1. The van der Waals surface area contributed by atoms with Gasteiger partial charge in [-0.05, 0) is 46.6 Å². The first kappa shape index (κ1) is 15.2. The molecule has 1 unspecified atom stereocenters. The summed E-state index contributed by atoms with van der Waals surface area (Å²) >= 11 is 0. The molecule has 0 aromatic rings. The number of carbonyl (C=O) groups is 1. The predicted octanol–water partition coefficient (Wildman–Crippen LogP) is 0.787. The van der Waals surface area contributed by atoms with Gasteiger partial charge in [-0.1, -0.05) is 0 Å². The van der Waals surface area contributed by atoms with E-state index in [2.05, 4.69) is 15.5 Å². The zero-order chi connectivity index (χ0) is 13.8. The van der Waals surface area contributed by atoms with Crippen LogP contribution in [0.5, 0.6) is 0 Å². The average molecular weight is 257 g/mol. The second kappa shape index (κ2) is 6.38. The number of amides is 2. The summed E-state index contributed by atoms with van der Waals surface area (Å²) in [6, 6.07) is -0.140. The molecule has 0 saturated heterocycles. The van der Waals surface area contributed by atoms with Crippen molar-refractivity contribution in [3.05, 3.63) is 0 Å². The summed E-state index contributed by atoms with van der Waals surface area (Å²) < 4.78 is 0. The van der Waals surface area contributed by atoms with E-state index in [1.807, 2.05) is 27.8 Å². The number of urea groups is 1. The van der Waals surface area contributed by atoms with E-state index in [9.17, 15) is 9.90 Å². The van der Waals surface area contributed by atoms with E-state index in [4.69, 9.17) is 0 Å². The summed E-state index contributed by atoms with van der Waals surface area (Å²) in [6.07, 6.45) is 2.10. The Morgan fingerprint density at radius 1 is 1.44 bits per heavy atom. The highest BCUT2D eigenvalue weighted by atomic mass is 16.3. The van der Waals surface area contributed by atoms with Crippen LogP contribution >= 0.6 is 0 Å². The monoisotopic (exact) mass is 257 g/mol. The molecule has 1 saturated carbocycles. The lowest BCUT2D eigenvalue weighted by Gasteiger charge is -2.23. The van der Waals surface area contributed by atoms with Crippen LogP contribution in [0, 0.1) is 5.92 Å². The lowest BCUT2D eigenvalue weighted by molar-refractivity contribution is 0.107. The molecule has 1 aliphatic carbocycles. The standard InChI is InChI=1S/C13H27N3O2/c1-13(2,3)15-12(18)14-7-8-16(4)9-11(17)10-5-6-10/h10-11,17H,5-9H2,1-4H3,(H2,14,15,18). The Kier molecular flexibility index (Phi) is 5.41. The van der Waals surface area contributed by atoms with E-state index in [1.54, 1.807) is 0 Å². The van der Waals surface area contributed by atoms with Gasteiger partial charge in [0.1, 0.15) is 0 Å². The van der Waals surface area contributed by atoms with Gasteiger partial charge in [0, 0.05) is 25.2 Å². The van der Waals surface area contributed by atoms with Crippen LogP contribution in [0.1, 0.15) is 33.6 Å². The second-order valence-electron chi connectivity index (χ2n) is 6.30. The van der Waals surface area contributed by atoms with Gasteiger partial charge >= 0.3 is 6.03 Å². The van der Waals surface area contributed by atoms with Gasteiger partial charge in [0.05, 0.1) is 6.10 Å². The third-order valence-corrected chi connectivity index (χ3v) is 2.93. The lowest BCUT2D eigenvalue weighted by atomic mass is 10.1. The zero-order valence-electron chi connectivity index (χ0n) is 12.0. The molecule has 0 spiro atoms. The van der Waals surface area contributed by atoms with Crippen molar-refractivity contribution in [3.8, 4) is 0 Å². The smallest absolute Gasteiger partial charge is 0.315 e. The summed E-state index contributed by atoms with van der Waals surface area (Å²) in [5.74, 6) is 0.504. The summed E-state index contributed by atoms with van der Waals surface area (Å²) in [4.78, 5) is 13.5. The molecule has 0 aromatic carbocycles. The van der Waals surface area contributed by atoms with Gasteiger partial charge in [-0.15, -0.1) is 0 Å². The van der Waals surface area contributed by atoms with Gasteiger partial charge in [0.15, 0.2) is 0 Å². The van der Waals surface area contributed by atoms with E-state index in [0.29, 0.717) is 19.0 Å². The average Bonchev–Trinajstić information content (AvgIpc) is 2.96. The lowest BCUT2D eigenvalue weighted by Crippen LogP contribution is -2.48. The van der Waals surface area contributed by atoms with Crippen molar-refractivity contribution in [2.75, 3.05) is 26.7 Å². The second-order valence-corrected chi connectivity index (χ2v) is 6.30. The minimum atomic E-state index is -0.210. The van der Waals surface area contributed by atoms with E-state index >= 15 is 0 Å². The van der Waals surface area contributed by atoms with Crippen LogP contribution in [-0.4, -0.2) is 54.4 Å². The maximum absolute atomic E-state index is 11.5. The first-order valence-corrected chi connectivity index (χ1v) is 6.70. The van der Waals surface area contributed by atoms with Gasteiger partial charge in [-0.3, -0.25) is 0 Å². The van der Waals surface area contributed by atoms with Crippen LogP contribution < -0.4 is 10.6 Å². The molecule has 18 heavy (non-hydrogen) atoms. The Labute approximate surface area is 110 Å². The van der Waals surface area contributed by atoms with Crippen LogP contribution in [-0.2, 0) is 0 Å². The van der Waals surface area contributed by atoms with Crippen molar-refractivity contribution in [2.24, 2.45) is 5.92 Å². The Morgan fingerprint density at radius 2 is 2.06 bits per heavy atom. The molecule has 5 heteroatoms. The number of aliphatic hydroxyl groups excluding tert-OH is 1. The summed E-state index contributed by atoms with van der Waals surface area (Å²) in [7, 11) is 1.97. The topological polar surface area (TPSA) is 64.6 Å². The number of nitrogens with one attached hydrogen (secondary N) is 2. The number of carbonyl (C=O) groups excluding carboxylic acids is 1. The number of nitrogens with zero attached hydrogens (tertiary/aromatic N) is 1. The fraction of sp³-hybridized carbons (Fsp3) is 0.923. The van der Waals surface area contributed by atoms with Crippen LogP contribution in [0.15, 0.2) is 0 Å². The minimum absolute atomic E-state index is 0.140. The van der Waals surface area contributed by atoms with Crippen molar-refractivity contribution in [3.63, 3.8) is 0 Å². The molecular formula is C13H27N3O2. The Hall–Kier alpha value is -0.810. The molecule has 1 atom stereocenters. The maximum atomic E-state index is 11.5. The molecule has 0 heterocycles. The first-order valence-electron chi connectivity index (χ1n) is 6.70. The van der Waals surface area contributed by atoms with Gasteiger partial charge in [0.2, 0.25) is 0 Å². The number of hydrogen-bond acceptors (Lipinski definition) is 3. The highest BCUT2D eigenvalue weighted by Gasteiger charge is 2.30. The van der Waals surface area contributed by atoms with Crippen molar-refractivity contribution >= 4 is 6.03 Å². The summed E-state index contributed by atoms with van der Waals surface area (Å²) in [5.41, 5.74) is -0.210. The van der Waals surface area contributed by atoms with Crippen LogP contribution in [0.25, 0.3) is 0 Å². The molecule has 5 nitrogen and oxygen atoms in total. The number of likely N-dealkylation sites (N-methyl/N-ethyl adjacent to an activating group) is 1. The third kappa shape index (κ3) is 6.81. The molecule has 1 fully saturated rings. The molecular weight excluding hydrogens is 230 g/mol. The van der Waals surface area contributed by atoms with Crippen molar-refractivity contribution in [1.82, 2.24) is 15.5 Å². The summed E-state index contributed by atoms with van der Waals surface area (Å²) in [6.45, 7) is 7.88. The molecule has 1 aliphatic rings. The Bertz CT molecular complexity index is 272. The molecule has 106 valence electrons. The van der Waals surface area contributed by atoms with Crippen molar-refractivity contribution in [2.45, 2.75) is 45.3 Å². The largest absolute Gasteiger partial charge is 0.392 e. The minimum Gasteiger partial charge on any atom is -0.392 e. The molecule has 0 aromatic heterocycles. The van der Waals surface area contributed by atoms with Gasteiger partial charge < -0.3 is 20.6 Å². The van der Waals surface area contributed by atoms with Gasteiger partial charge in [0.25, 0.3) is 0 Å².